The maximum Gasteiger partial charge on any atom is 0.306 e. The van der Waals surface area contributed by atoms with E-state index in [4.69, 9.17) is 18.9 Å². The first-order valence-corrected chi connectivity index (χ1v) is 37.3. The average Bonchev–Trinajstić information content (AvgIpc) is 3.38. The Balaban J connectivity index is 4.12. The highest BCUT2D eigenvalue weighted by Gasteiger charge is 2.22. The van der Waals surface area contributed by atoms with Crippen molar-refractivity contribution in [1.82, 2.24) is 0 Å². The molecule has 0 rings (SSSR count). The standard InChI is InChI=1S/C84H137NO8/c1-6-8-10-12-14-16-18-20-22-24-26-28-30-32-34-35-36-37-38-39-40-41-42-43-44-45-46-47-49-51-53-55-57-59-61-63-65-67-69-71-73-75-82(87)93-80(79-92-84(83(88)89)90-77-76-85(3,4)5)78-91-81(86)74-72-70-68-66-64-62-60-58-56-54-52-50-48-33-31-29-27-25-23-21-19-17-15-13-11-9-7-2/h8-11,14-17,20-23,26-29,32-34,36-37,39-40,42-43,45-46,48,80,84H,6-7,12-13,18-19,24-25,30-31,35,38,41,44,47,49-79H2,1-5H3/b10-8-,11-9-,16-14-,17-15-,22-20-,23-21-,28-26-,29-27-,34-32-,37-36-,40-39-,43-42-,46-45-,48-33-. The van der Waals surface area contributed by atoms with Gasteiger partial charge in [-0.1, -0.05) is 312 Å². The molecule has 0 aromatic heterocycles. The molecule has 2 atom stereocenters. The molecule has 0 heterocycles. The lowest BCUT2D eigenvalue weighted by atomic mass is 10.0. The summed E-state index contributed by atoms with van der Waals surface area (Å²) in [5.74, 6) is -2.29. The van der Waals surface area contributed by atoms with Crippen LogP contribution >= 0.6 is 0 Å². The van der Waals surface area contributed by atoms with Crippen LogP contribution in [0.25, 0.3) is 0 Å². The summed E-state index contributed by atoms with van der Waals surface area (Å²) in [5.41, 5.74) is 0. The van der Waals surface area contributed by atoms with Gasteiger partial charge in [0.15, 0.2) is 12.4 Å². The van der Waals surface area contributed by atoms with Crippen molar-refractivity contribution in [2.24, 2.45) is 0 Å². The zero-order chi connectivity index (χ0) is 67.5. The predicted octanol–water partition coefficient (Wildman–Crippen LogP) is 22.5. The second-order valence-electron chi connectivity index (χ2n) is 25.5. The number of carboxylic acid groups (broad SMARTS) is 1. The van der Waals surface area contributed by atoms with E-state index in [1.165, 1.54) is 109 Å². The van der Waals surface area contributed by atoms with Crippen molar-refractivity contribution < 1.29 is 42.9 Å². The number of likely N-dealkylation sites (N-methyl/N-ethyl adjacent to an activating group) is 1. The van der Waals surface area contributed by atoms with Gasteiger partial charge in [0.25, 0.3) is 0 Å². The molecule has 93 heavy (non-hydrogen) atoms. The van der Waals surface area contributed by atoms with Crippen molar-refractivity contribution >= 4 is 17.9 Å². The number of nitrogens with zero attached hydrogens (tertiary/aromatic N) is 1. The average molecular weight is 1290 g/mol. The first kappa shape index (κ1) is 87.7. The quantitative estimate of drug-likeness (QED) is 0.0195. The molecule has 9 nitrogen and oxygen atoms in total. The van der Waals surface area contributed by atoms with E-state index >= 15 is 0 Å². The Morgan fingerprint density at radius 2 is 0.581 bits per heavy atom. The number of quaternary nitrogens is 1. The van der Waals surface area contributed by atoms with E-state index in [9.17, 15) is 19.5 Å². The fraction of sp³-hybridized carbons (Fsp3) is 0.631. The third kappa shape index (κ3) is 73.9. The van der Waals surface area contributed by atoms with Gasteiger partial charge in [-0.15, -0.1) is 0 Å². The number of aliphatic carboxylic acids is 1. The summed E-state index contributed by atoms with van der Waals surface area (Å²) in [7, 11) is 5.92. The van der Waals surface area contributed by atoms with E-state index in [-0.39, 0.29) is 38.6 Å². The summed E-state index contributed by atoms with van der Waals surface area (Å²) in [5, 5.41) is 11.8. The Morgan fingerprint density at radius 1 is 0.323 bits per heavy atom. The van der Waals surface area contributed by atoms with Gasteiger partial charge in [0.1, 0.15) is 13.2 Å². The number of unbranched alkanes of at least 4 members (excludes halogenated alkanes) is 24. The maximum atomic E-state index is 13.0. The van der Waals surface area contributed by atoms with Crippen molar-refractivity contribution in [2.45, 2.75) is 296 Å². The molecule has 0 saturated carbocycles. The van der Waals surface area contributed by atoms with Gasteiger partial charge in [0.2, 0.25) is 0 Å². The van der Waals surface area contributed by atoms with Gasteiger partial charge in [-0.3, -0.25) is 9.59 Å². The van der Waals surface area contributed by atoms with Crippen LogP contribution in [0, 0.1) is 0 Å². The molecule has 0 aromatic carbocycles. The first-order valence-electron chi connectivity index (χ1n) is 37.3. The van der Waals surface area contributed by atoms with Gasteiger partial charge < -0.3 is 33.3 Å². The lowest BCUT2D eigenvalue weighted by molar-refractivity contribution is -0.870. The van der Waals surface area contributed by atoms with Crippen LogP contribution in [0.15, 0.2) is 170 Å². The third-order valence-corrected chi connectivity index (χ3v) is 15.5. The van der Waals surface area contributed by atoms with Crippen LogP contribution in [-0.4, -0.2) is 82.3 Å². The normalized spacial score (nSPS) is 13.7. The van der Waals surface area contributed by atoms with E-state index in [0.29, 0.717) is 17.4 Å². The number of hydrogen-bond donors (Lipinski definition) is 0. The molecule has 526 valence electrons. The fourth-order valence-electron chi connectivity index (χ4n) is 9.85. The summed E-state index contributed by atoms with van der Waals surface area (Å²) in [4.78, 5) is 37.6. The van der Waals surface area contributed by atoms with Gasteiger partial charge >= 0.3 is 11.9 Å². The van der Waals surface area contributed by atoms with Crippen LogP contribution in [0.1, 0.15) is 284 Å². The number of rotatable bonds is 67. The molecule has 0 spiro atoms. The van der Waals surface area contributed by atoms with Gasteiger partial charge in [-0.2, -0.15) is 0 Å². The Bertz CT molecular complexity index is 2140. The van der Waals surface area contributed by atoms with Gasteiger partial charge in [-0.25, -0.2) is 0 Å². The lowest BCUT2D eigenvalue weighted by Crippen LogP contribution is -2.44. The zero-order valence-electron chi connectivity index (χ0n) is 60.1. The minimum absolute atomic E-state index is 0.140. The molecular formula is C84H137NO8. The zero-order valence-corrected chi connectivity index (χ0v) is 60.1. The monoisotopic (exact) mass is 1290 g/mol. The van der Waals surface area contributed by atoms with E-state index < -0.39 is 24.3 Å². The number of allylic oxidation sites excluding steroid dienone is 28. The number of esters is 2. The van der Waals surface area contributed by atoms with E-state index in [2.05, 4.69) is 184 Å². The van der Waals surface area contributed by atoms with Crippen molar-refractivity contribution in [3.63, 3.8) is 0 Å². The summed E-state index contributed by atoms with van der Waals surface area (Å²) in [6, 6.07) is 0. The van der Waals surface area contributed by atoms with Crippen LogP contribution < -0.4 is 5.11 Å². The Labute approximate surface area is 571 Å². The first-order chi connectivity index (χ1) is 45.6. The summed E-state index contributed by atoms with van der Waals surface area (Å²) >= 11 is 0. The van der Waals surface area contributed by atoms with E-state index in [0.717, 1.165) is 141 Å². The smallest absolute Gasteiger partial charge is 0.306 e. The second-order valence-corrected chi connectivity index (χ2v) is 25.5. The predicted molar refractivity (Wildman–Crippen MR) is 398 cm³/mol. The molecule has 0 bridgehead atoms. The largest absolute Gasteiger partial charge is 0.545 e. The van der Waals surface area contributed by atoms with Crippen molar-refractivity contribution in [3.8, 4) is 0 Å². The molecule has 0 aliphatic rings. The summed E-state index contributed by atoms with van der Waals surface area (Å²) in [6.45, 7) is 4.52. The molecule has 0 aliphatic carbocycles. The minimum Gasteiger partial charge on any atom is -0.545 e. The molecule has 0 N–H and O–H groups in total. The number of ether oxygens (including phenoxy) is 4. The highest BCUT2D eigenvalue weighted by molar-refractivity contribution is 5.70. The van der Waals surface area contributed by atoms with Gasteiger partial charge in [0, 0.05) is 12.8 Å². The Kier molecular flexibility index (Phi) is 68.3. The number of hydrogen-bond acceptors (Lipinski definition) is 8. The topological polar surface area (TPSA) is 111 Å². The molecule has 0 aliphatic heterocycles. The van der Waals surface area contributed by atoms with Gasteiger partial charge in [-0.05, 0) is 128 Å². The fourth-order valence-corrected chi connectivity index (χ4v) is 9.85. The van der Waals surface area contributed by atoms with Crippen LogP contribution in [0.4, 0.5) is 0 Å². The Morgan fingerprint density at radius 3 is 0.860 bits per heavy atom. The molecule has 0 radical (unpaired) electrons. The number of carbonyl (C=O) groups is 3. The van der Waals surface area contributed by atoms with E-state index in [1.54, 1.807) is 0 Å². The lowest BCUT2D eigenvalue weighted by Gasteiger charge is -2.26. The maximum absolute atomic E-state index is 13.0. The molecule has 0 aromatic rings. The second kappa shape index (κ2) is 72.5. The number of carbonyl (C=O) groups excluding carboxylic acids is 3. The van der Waals surface area contributed by atoms with Crippen molar-refractivity contribution in [1.29, 1.82) is 0 Å². The number of carboxylic acids is 1. The van der Waals surface area contributed by atoms with Crippen molar-refractivity contribution in [2.75, 3.05) is 47.5 Å². The third-order valence-electron chi connectivity index (χ3n) is 15.5. The van der Waals surface area contributed by atoms with Crippen molar-refractivity contribution in [3.05, 3.63) is 170 Å². The molecule has 2 unspecified atom stereocenters. The Hall–Kier alpha value is -5.35. The SMILES string of the molecule is CC/C=C\C/C=C\C/C=C\C/C=C\C/C=C\C/C=C\C/C=C\C/C=C\C/C=C\CCCCCCCCCCCCCCCC(=O)OC(COC(=O)CCCCCCCCCCCCC/C=C\C/C=C\C/C=C\C/C=C\C/C=C\CC)COC(OCC[N+](C)(C)C)C(=O)[O-]. The molecule has 0 amide bonds. The molecule has 0 saturated heterocycles. The molecular weight excluding hydrogens is 1150 g/mol. The summed E-state index contributed by atoms with van der Waals surface area (Å²) < 4.78 is 22.8. The summed E-state index contributed by atoms with van der Waals surface area (Å²) in [6.07, 6.45) is 106. The molecule has 0 fully saturated rings. The van der Waals surface area contributed by atoms with E-state index in [1.807, 2.05) is 21.1 Å². The van der Waals surface area contributed by atoms with Gasteiger partial charge in [0.05, 0.1) is 40.3 Å². The highest BCUT2D eigenvalue weighted by atomic mass is 16.7. The van der Waals surface area contributed by atoms with Crippen LogP contribution in [0.5, 0.6) is 0 Å². The van der Waals surface area contributed by atoms with Crippen LogP contribution in [-0.2, 0) is 33.3 Å². The minimum atomic E-state index is -1.63. The molecule has 9 heteroatoms. The van der Waals surface area contributed by atoms with Crippen LogP contribution in [0.3, 0.4) is 0 Å². The highest BCUT2D eigenvalue weighted by Crippen LogP contribution is 2.17. The van der Waals surface area contributed by atoms with Crippen LogP contribution in [0.2, 0.25) is 0 Å².